The molecule has 0 radical (unpaired) electrons. The van der Waals surface area contributed by atoms with Gasteiger partial charge in [0, 0.05) is 12.6 Å². The van der Waals surface area contributed by atoms with Crippen LogP contribution in [0.1, 0.15) is 60.8 Å². The number of esters is 1. The second kappa shape index (κ2) is 7.59. The first-order valence-electron chi connectivity index (χ1n) is 8.42. The smallest absolute Gasteiger partial charge is 0.327 e. The maximum Gasteiger partial charge on any atom is 0.327 e. The van der Waals surface area contributed by atoms with Crippen molar-refractivity contribution in [1.82, 2.24) is 10.2 Å². The Bertz CT molecular complexity index is 336. The zero-order chi connectivity index (χ0) is 16.1. The van der Waals surface area contributed by atoms with E-state index in [1.54, 1.807) is 0 Å². The summed E-state index contributed by atoms with van der Waals surface area (Å²) in [4.78, 5) is 14.8. The largest absolute Gasteiger partial charge is 0.465 e. The second-order valence-electron chi connectivity index (χ2n) is 7.29. The Morgan fingerprint density at radius 3 is 2.33 bits per heavy atom. The molecule has 1 saturated heterocycles. The van der Waals surface area contributed by atoms with E-state index in [2.05, 4.69) is 37.9 Å². The van der Waals surface area contributed by atoms with Gasteiger partial charge in [-0.1, -0.05) is 20.3 Å². The van der Waals surface area contributed by atoms with E-state index in [9.17, 15) is 4.79 Å². The van der Waals surface area contributed by atoms with Crippen LogP contribution in [0.25, 0.3) is 0 Å². The minimum atomic E-state index is -0.621. The summed E-state index contributed by atoms with van der Waals surface area (Å²) in [6.45, 7) is 15.9. The van der Waals surface area contributed by atoms with Crippen LogP contribution in [-0.4, -0.2) is 48.7 Å². The molecular formula is C17H34N2O2. The molecule has 0 aromatic rings. The molecule has 124 valence electrons. The number of hydrogen-bond acceptors (Lipinski definition) is 4. The van der Waals surface area contributed by atoms with Crippen molar-refractivity contribution in [2.45, 2.75) is 72.4 Å². The van der Waals surface area contributed by atoms with Crippen LogP contribution in [-0.2, 0) is 9.53 Å². The maximum atomic E-state index is 12.3. The van der Waals surface area contributed by atoms with Gasteiger partial charge in [-0.05, 0) is 59.0 Å². The normalized spacial score (nSPS) is 22.0. The molecule has 1 atom stereocenters. The second-order valence-corrected chi connectivity index (χ2v) is 7.29. The van der Waals surface area contributed by atoms with Crippen LogP contribution >= 0.6 is 0 Å². The number of nitrogens with zero attached hydrogens (tertiary/aromatic N) is 1. The standard InChI is InChI=1S/C17H34N2O2/c1-7-16(5)9-11-19(12-10-16)13-17(6,18-14(3)4)15(20)21-8-2/h14,18H,7-13H2,1-6H3. The molecule has 4 heteroatoms. The van der Waals surface area contributed by atoms with E-state index in [1.807, 2.05) is 13.8 Å². The van der Waals surface area contributed by atoms with E-state index >= 15 is 0 Å². The minimum Gasteiger partial charge on any atom is -0.465 e. The van der Waals surface area contributed by atoms with E-state index in [0.717, 1.165) is 19.6 Å². The molecule has 0 amide bonds. The first kappa shape index (κ1) is 18.4. The van der Waals surface area contributed by atoms with Gasteiger partial charge >= 0.3 is 5.97 Å². The number of rotatable bonds is 7. The van der Waals surface area contributed by atoms with Crippen molar-refractivity contribution in [3.05, 3.63) is 0 Å². The van der Waals surface area contributed by atoms with Gasteiger partial charge in [0.2, 0.25) is 0 Å². The fraction of sp³-hybridized carbons (Fsp3) is 0.941. The van der Waals surface area contributed by atoms with Gasteiger partial charge in [0.15, 0.2) is 0 Å². The molecule has 0 spiro atoms. The molecule has 0 aliphatic carbocycles. The molecule has 21 heavy (non-hydrogen) atoms. The highest BCUT2D eigenvalue weighted by atomic mass is 16.5. The lowest BCUT2D eigenvalue weighted by Gasteiger charge is -2.42. The molecule has 0 saturated carbocycles. The van der Waals surface area contributed by atoms with Crippen LogP contribution in [0.15, 0.2) is 0 Å². The Labute approximate surface area is 130 Å². The Kier molecular flexibility index (Phi) is 6.67. The van der Waals surface area contributed by atoms with Crippen LogP contribution in [0.3, 0.4) is 0 Å². The molecule has 0 aromatic heterocycles. The average Bonchev–Trinajstić information content (AvgIpc) is 2.41. The van der Waals surface area contributed by atoms with Crippen molar-refractivity contribution in [3.8, 4) is 0 Å². The van der Waals surface area contributed by atoms with Gasteiger partial charge in [-0.3, -0.25) is 10.1 Å². The molecule has 1 aliphatic heterocycles. The van der Waals surface area contributed by atoms with E-state index in [1.165, 1.54) is 19.3 Å². The van der Waals surface area contributed by atoms with Crippen LogP contribution < -0.4 is 5.32 Å². The summed E-state index contributed by atoms with van der Waals surface area (Å²) >= 11 is 0. The van der Waals surface area contributed by atoms with Crippen LogP contribution in [0, 0.1) is 5.41 Å². The third kappa shape index (κ3) is 5.26. The number of carbonyl (C=O) groups excluding carboxylic acids is 1. The summed E-state index contributed by atoms with van der Waals surface area (Å²) in [7, 11) is 0. The average molecular weight is 298 g/mol. The number of nitrogens with one attached hydrogen (secondary N) is 1. The molecule has 1 aliphatic rings. The first-order valence-corrected chi connectivity index (χ1v) is 8.42. The summed E-state index contributed by atoms with van der Waals surface area (Å²) in [5.74, 6) is -0.137. The van der Waals surface area contributed by atoms with E-state index in [4.69, 9.17) is 4.74 Å². The Hall–Kier alpha value is -0.610. The monoisotopic (exact) mass is 298 g/mol. The Balaban J connectivity index is 2.68. The fourth-order valence-electron chi connectivity index (χ4n) is 3.15. The molecule has 4 nitrogen and oxygen atoms in total. The van der Waals surface area contributed by atoms with E-state index < -0.39 is 5.54 Å². The van der Waals surface area contributed by atoms with Crippen molar-refractivity contribution >= 4 is 5.97 Å². The Morgan fingerprint density at radius 2 is 1.90 bits per heavy atom. The summed E-state index contributed by atoms with van der Waals surface area (Å²) in [6.07, 6.45) is 3.66. The predicted octanol–water partition coefficient (Wildman–Crippen LogP) is 2.82. The fourth-order valence-corrected chi connectivity index (χ4v) is 3.15. The Morgan fingerprint density at radius 1 is 1.33 bits per heavy atom. The molecule has 1 N–H and O–H groups in total. The third-order valence-corrected chi connectivity index (χ3v) is 4.79. The number of ether oxygens (including phenoxy) is 1. The lowest BCUT2D eigenvalue weighted by atomic mass is 9.78. The van der Waals surface area contributed by atoms with Crippen molar-refractivity contribution in [2.24, 2.45) is 5.41 Å². The van der Waals surface area contributed by atoms with Gasteiger partial charge in [0.05, 0.1) is 6.61 Å². The number of piperidine rings is 1. The summed E-state index contributed by atoms with van der Waals surface area (Å²) in [5, 5.41) is 3.41. The minimum absolute atomic E-state index is 0.137. The van der Waals surface area contributed by atoms with Gasteiger partial charge in [-0.25, -0.2) is 0 Å². The van der Waals surface area contributed by atoms with Crippen molar-refractivity contribution < 1.29 is 9.53 Å². The van der Waals surface area contributed by atoms with Crippen LogP contribution in [0.5, 0.6) is 0 Å². The number of hydrogen-bond donors (Lipinski definition) is 1. The zero-order valence-electron chi connectivity index (χ0n) is 14.8. The highest BCUT2D eigenvalue weighted by Crippen LogP contribution is 2.34. The SMILES string of the molecule is CCOC(=O)C(C)(CN1CCC(C)(CC)CC1)NC(C)C. The molecule has 1 unspecified atom stereocenters. The summed E-state index contributed by atoms with van der Waals surface area (Å²) < 4.78 is 5.28. The zero-order valence-corrected chi connectivity index (χ0v) is 14.8. The number of likely N-dealkylation sites (tertiary alicyclic amines) is 1. The number of carbonyl (C=O) groups is 1. The van der Waals surface area contributed by atoms with Gasteiger partial charge in [0.25, 0.3) is 0 Å². The van der Waals surface area contributed by atoms with E-state index in [0.29, 0.717) is 12.0 Å². The lowest BCUT2D eigenvalue weighted by Crippen LogP contribution is -2.60. The lowest BCUT2D eigenvalue weighted by molar-refractivity contribution is -0.152. The molecule has 1 fully saturated rings. The molecule has 1 heterocycles. The topological polar surface area (TPSA) is 41.6 Å². The predicted molar refractivity (Wildman–Crippen MR) is 87.4 cm³/mol. The highest BCUT2D eigenvalue weighted by Gasteiger charge is 2.39. The molecule has 0 aromatic carbocycles. The molecule has 0 bridgehead atoms. The quantitative estimate of drug-likeness (QED) is 0.734. The highest BCUT2D eigenvalue weighted by molar-refractivity contribution is 5.80. The van der Waals surface area contributed by atoms with Crippen molar-refractivity contribution in [3.63, 3.8) is 0 Å². The van der Waals surface area contributed by atoms with Crippen LogP contribution in [0.2, 0.25) is 0 Å². The first-order chi connectivity index (χ1) is 9.74. The van der Waals surface area contributed by atoms with Gasteiger partial charge in [0.1, 0.15) is 5.54 Å². The molecular weight excluding hydrogens is 264 g/mol. The van der Waals surface area contributed by atoms with E-state index in [-0.39, 0.29) is 12.0 Å². The summed E-state index contributed by atoms with van der Waals surface area (Å²) in [6, 6.07) is 0.255. The third-order valence-electron chi connectivity index (χ3n) is 4.79. The summed E-state index contributed by atoms with van der Waals surface area (Å²) in [5.41, 5.74) is -0.146. The van der Waals surface area contributed by atoms with Gasteiger partial charge in [-0.2, -0.15) is 0 Å². The molecule has 1 rings (SSSR count). The van der Waals surface area contributed by atoms with Gasteiger partial charge < -0.3 is 9.64 Å². The van der Waals surface area contributed by atoms with Gasteiger partial charge in [-0.15, -0.1) is 0 Å². The van der Waals surface area contributed by atoms with Crippen molar-refractivity contribution in [1.29, 1.82) is 0 Å². The van der Waals surface area contributed by atoms with Crippen LogP contribution in [0.4, 0.5) is 0 Å². The maximum absolute atomic E-state index is 12.3. The van der Waals surface area contributed by atoms with Crippen molar-refractivity contribution in [2.75, 3.05) is 26.2 Å².